The molecule has 5 nitrogen and oxygen atoms in total. The van der Waals surface area contributed by atoms with Gasteiger partial charge in [0.1, 0.15) is 10.8 Å². The van der Waals surface area contributed by atoms with Crippen LogP contribution in [-0.2, 0) is 5.41 Å². The molecule has 1 fully saturated rings. The van der Waals surface area contributed by atoms with E-state index >= 15 is 0 Å². The van der Waals surface area contributed by atoms with Crippen LogP contribution in [0.1, 0.15) is 24.1 Å². The molecule has 2 aromatic heterocycles. The molecule has 0 radical (unpaired) electrons. The summed E-state index contributed by atoms with van der Waals surface area (Å²) in [6.07, 6.45) is 6.78. The molecule has 3 aromatic rings. The highest BCUT2D eigenvalue weighted by molar-refractivity contribution is 7.99. The molecule has 1 aromatic carbocycles. The molecule has 3 heterocycles. The van der Waals surface area contributed by atoms with Gasteiger partial charge in [0, 0.05) is 30.4 Å². The van der Waals surface area contributed by atoms with Crippen molar-refractivity contribution < 1.29 is 0 Å². The number of piperidine rings is 1. The fourth-order valence-corrected chi connectivity index (χ4v) is 4.93. The molecule has 0 aliphatic carbocycles. The molecule has 152 valence electrons. The summed E-state index contributed by atoms with van der Waals surface area (Å²) in [7, 11) is 0. The number of nitrogens with zero attached hydrogens (tertiary/aromatic N) is 5. The van der Waals surface area contributed by atoms with Gasteiger partial charge in [0.15, 0.2) is 0 Å². The van der Waals surface area contributed by atoms with Crippen molar-refractivity contribution in [2.24, 2.45) is 0 Å². The van der Waals surface area contributed by atoms with Gasteiger partial charge in [0.05, 0.1) is 33.4 Å². The lowest BCUT2D eigenvalue weighted by Crippen LogP contribution is -2.42. The van der Waals surface area contributed by atoms with Crippen molar-refractivity contribution in [2.75, 3.05) is 18.0 Å². The van der Waals surface area contributed by atoms with Gasteiger partial charge >= 0.3 is 0 Å². The molecule has 0 amide bonds. The number of hydrogen-bond donors (Lipinski definition) is 0. The van der Waals surface area contributed by atoms with E-state index in [1.165, 1.54) is 11.8 Å². The van der Waals surface area contributed by atoms with E-state index < -0.39 is 5.41 Å². The van der Waals surface area contributed by atoms with E-state index in [9.17, 15) is 5.26 Å². The van der Waals surface area contributed by atoms with Crippen molar-refractivity contribution in [3.05, 3.63) is 70.2 Å². The second-order valence-corrected chi connectivity index (χ2v) is 9.01. The van der Waals surface area contributed by atoms with Gasteiger partial charge in [-0.3, -0.25) is 4.98 Å². The zero-order valence-corrected chi connectivity index (χ0v) is 18.7. The molecule has 4 rings (SSSR count). The van der Waals surface area contributed by atoms with Gasteiger partial charge in [0.2, 0.25) is 0 Å². The van der Waals surface area contributed by atoms with Crippen molar-refractivity contribution in [3.8, 4) is 6.07 Å². The quantitative estimate of drug-likeness (QED) is 0.502. The number of benzene rings is 1. The van der Waals surface area contributed by atoms with Crippen LogP contribution >= 0.6 is 35.0 Å². The van der Waals surface area contributed by atoms with Crippen LogP contribution in [0, 0.1) is 18.3 Å². The summed E-state index contributed by atoms with van der Waals surface area (Å²) >= 11 is 13.9. The molecular weight excluding hydrogens is 437 g/mol. The van der Waals surface area contributed by atoms with Crippen LogP contribution in [-0.4, -0.2) is 28.0 Å². The normalized spacial score (nSPS) is 15.6. The maximum Gasteiger partial charge on any atom is 0.147 e. The molecule has 0 bridgehead atoms. The molecule has 30 heavy (non-hydrogen) atoms. The molecule has 0 saturated carbocycles. The highest BCUT2D eigenvalue weighted by Gasteiger charge is 2.37. The Morgan fingerprint density at radius 1 is 1.13 bits per heavy atom. The average Bonchev–Trinajstić information content (AvgIpc) is 2.79. The molecule has 1 aliphatic rings. The van der Waals surface area contributed by atoms with Gasteiger partial charge in [-0.1, -0.05) is 47.1 Å². The lowest BCUT2D eigenvalue weighted by Gasteiger charge is -2.38. The number of aryl methyl sites for hydroxylation is 1. The Morgan fingerprint density at radius 3 is 2.60 bits per heavy atom. The van der Waals surface area contributed by atoms with Gasteiger partial charge in [-0.2, -0.15) is 5.26 Å². The molecule has 0 atom stereocenters. The van der Waals surface area contributed by atoms with Crippen LogP contribution in [0.2, 0.25) is 10.0 Å². The first-order chi connectivity index (χ1) is 14.5. The SMILES string of the molecule is Cc1nc(N2CCC(C#N)(c3cccnc3)CC2)cnc1Sc1cccc(Cl)c1Cl. The third kappa shape index (κ3) is 4.11. The van der Waals surface area contributed by atoms with Crippen LogP contribution < -0.4 is 4.90 Å². The molecule has 0 unspecified atom stereocenters. The van der Waals surface area contributed by atoms with Crippen molar-refractivity contribution in [2.45, 2.75) is 35.1 Å². The molecule has 0 N–H and O–H groups in total. The number of nitriles is 1. The van der Waals surface area contributed by atoms with Gasteiger partial charge in [-0.05, 0) is 43.5 Å². The molecule has 1 saturated heterocycles. The van der Waals surface area contributed by atoms with Crippen LogP contribution in [0.15, 0.2) is 58.8 Å². The Labute approximate surface area is 190 Å². The van der Waals surface area contributed by atoms with Crippen LogP contribution in [0.5, 0.6) is 0 Å². The van der Waals surface area contributed by atoms with E-state index in [1.807, 2.05) is 31.2 Å². The molecule has 1 aliphatic heterocycles. The van der Waals surface area contributed by atoms with Crippen molar-refractivity contribution >= 4 is 40.8 Å². The van der Waals surface area contributed by atoms with Crippen molar-refractivity contribution in [1.82, 2.24) is 15.0 Å². The Hall–Kier alpha value is -2.33. The van der Waals surface area contributed by atoms with E-state index in [0.29, 0.717) is 10.0 Å². The van der Waals surface area contributed by atoms with Gasteiger partial charge < -0.3 is 4.90 Å². The second-order valence-electron chi connectivity index (χ2n) is 7.20. The molecular formula is C22H19Cl2N5S. The zero-order valence-electron chi connectivity index (χ0n) is 16.3. The summed E-state index contributed by atoms with van der Waals surface area (Å²) in [4.78, 5) is 16.6. The summed E-state index contributed by atoms with van der Waals surface area (Å²) in [5, 5.41) is 11.7. The van der Waals surface area contributed by atoms with E-state index in [4.69, 9.17) is 28.2 Å². The maximum atomic E-state index is 9.87. The minimum Gasteiger partial charge on any atom is -0.355 e. The number of halogens is 2. The van der Waals surface area contributed by atoms with E-state index in [-0.39, 0.29) is 0 Å². The van der Waals surface area contributed by atoms with Crippen LogP contribution in [0.25, 0.3) is 0 Å². The number of hydrogen-bond acceptors (Lipinski definition) is 6. The topological polar surface area (TPSA) is 65.7 Å². The van der Waals surface area contributed by atoms with Gasteiger partial charge in [-0.25, -0.2) is 9.97 Å². The predicted octanol–water partition coefficient (Wildman–Crippen LogP) is 5.70. The first kappa shape index (κ1) is 20.9. The van der Waals surface area contributed by atoms with Crippen molar-refractivity contribution in [1.29, 1.82) is 5.26 Å². The summed E-state index contributed by atoms with van der Waals surface area (Å²) in [6, 6.07) is 12.0. The maximum absolute atomic E-state index is 9.87. The number of anilines is 1. The van der Waals surface area contributed by atoms with Crippen LogP contribution in [0.4, 0.5) is 5.82 Å². The largest absolute Gasteiger partial charge is 0.355 e. The Kier molecular flexibility index (Phi) is 6.14. The summed E-state index contributed by atoms with van der Waals surface area (Å²) in [5.41, 5.74) is 1.32. The van der Waals surface area contributed by atoms with Gasteiger partial charge in [0.25, 0.3) is 0 Å². The molecule has 8 heteroatoms. The monoisotopic (exact) mass is 455 g/mol. The third-order valence-electron chi connectivity index (χ3n) is 5.38. The minimum atomic E-state index is -0.494. The highest BCUT2D eigenvalue weighted by atomic mass is 35.5. The minimum absolute atomic E-state index is 0.494. The van der Waals surface area contributed by atoms with E-state index in [1.54, 1.807) is 24.7 Å². The van der Waals surface area contributed by atoms with E-state index in [0.717, 1.165) is 52.9 Å². The highest BCUT2D eigenvalue weighted by Crippen LogP contribution is 2.38. The Morgan fingerprint density at radius 2 is 1.93 bits per heavy atom. The summed E-state index contributed by atoms with van der Waals surface area (Å²) in [5.74, 6) is 0.826. The summed E-state index contributed by atoms with van der Waals surface area (Å²) < 4.78 is 0. The number of rotatable bonds is 4. The number of pyridine rings is 1. The Balaban J connectivity index is 1.49. The standard InChI is InChI=1S/C22H19Cl2N5S/c1-15-21(30-18-6-2-5-17(23)20(18)24)27-13-19(28-15)29-10-7-22(14-25,8-11-29)16-4-3-9-26-12-16/h2-6,9,12-13H,7-8,10-11H2,1H3. The third-order valence-corrected chi connectivity index (χ3v) is 7.47. The molecule has 0 spiro atoms. The van der Waals surface area contributed by atoms with Crippen molar-refractivity contribution in [3.63, 3.8) is 0 Å². The second kappa shape index (κ2) is 8.81. The number of aromatic nitrogens is 3. The Bertz CT molecular complexity index is 1090. The smallest absolute Gasteiger partial charge is 0.147 e. The average molecular weight is 456 g/mol. The first-order valence-electron chi connectivity index (χ1n) is 9.55. The fourth-order valence-electron chi connectivity index (χ4n) is 3.61. The van der Waals surface area contributed by atoms with E-state index in [2.05, 4.69) is 20.9 Å². The lowest BCUT2D eigenvalue weighted by molar-refractivity contribution is 0.412. The lowest BCUT2D eigenvalue weighted by atomic mass is 9.74. The first-order valence-corrected chi connectivity index (χ1v) is 11.1. The fraction of sp³-hybridized carbons (Fsp3) is 0.273. The van der Waals surface area contributed by atoms with Crippen LogP contribution in [0.3, 0.4) is 0 Å². The van der Waals surface area contributed by atoms with Gasteiger partial charge in [-0.15, -0.1) is 0 Å². The summed E-state index contributed by atoms with van der Waals surface area (Å²) in [6.45, 7) is 3.42. The zero-order chi connectivity index (χ0) is 21.1. The predicted molar refractivity (Wildman–Crippen MR) is 120 cm³/mol.